The van der Waals surface area contributed by atoms with Crippen LogP contribution in [0.2, 0.25) is 5.02 Å². The molecule has 1 N–H and O–H groups in total. The van der Waals surface area contributed by atoms with Gasteiger partial charge in [-0.05, 0) is 68.0 Å². The summed E-state index contributed by atoms with van der Waals surface area (Å²) in [7, 11) is -3.61. The van der Waals surface area contributed by atoms with Gasteiger partial charge in [-0.2, -0.15) is 4.31 Å². The van der Waals surface area contributed by atoms with Crippen LogP contribution < -0.4 is 5.32 Å². The number of halogens is 1. The minimum Gasteiger partial charge on any atom is -0.345 e. The first kappa shape index (κ1) is 21.8. The molecule has 0 aliphatic carbocycles. The van der Waals surface area contributed by atoms with Gasteiger partial charge in [-0.25, -0.2) is 8.42 Å². The Labute approximate surface area is 178 Å². The smallest absolute Gasteiger partial charge is 0.253 e. The Kier molecular flexibility index (Phi) is 6.66. The van der Waals surface area contributed by atoms with Gasteiger partial charge in [0, 0.05) is 13.1 Å². The Balaban J connectivity index is 1.87. The zero-order valence-electron chi connectivity index (χ0n) is 17.0. The number of rotatable bonds is 6. The molecule has 2 aromatic carbocycles. The van der Waals surface area contributed by atoms with Crippen molar-refractivity contribution >= 4 is 27.5 Å². The van der Waals surface area contributed by atoms with E-state index in [0.29, 0.717) is 19.5 Å². The van der Waals surface area contributed by atoms with E-state index in [1.54, 1.807) is 0 Å². The lowest BCUT2D eigenvalue weighted by atomic mass is 9.99. The second-order valence-electron chi connectivity index (χ2n) is 7.53. The minimum atomic E-state index is -3.61. The molecule has 0 aromatic heterocycles. The lowest BCUT2D eigenvalue weighted by molar-refractivity contribution is 0.0935. The molecule has 0 spiro atoms. The summed E-state index contributed by atoms with van der Waals surface area (Å²) in [6.45, 7) is 7.10. The van der Waals surface area contributed by atoms with Crippen LogP contribution in [-0.4, -0.2) is 31.7 Å². The minimum absolute atomic E-state index is 0.105. The average Bonchev–Trinajstić information content (AvgIpc) is 3.24. The first-order valence-corrected chi connectivity index (χ1v) is 11.7. The van der Waals surface area contributed by atoms with E-state index in [9.17, 15) is 13.2 Å². The summed E-state index contributed by atoms with van der Waals surface area (Å²) in [6, 6.07) is 10.3. The van der Waals surface area contributed by atoms with Crippen molar-refractivity contribution in [2.45, 2.75) is 51.0 Å². The maximum Gasteiger partial charge on any atom is 0.253 e. The Morgan fingerprint density at radius 2 is 1.79 bits per heavy atom. The first-order valence-electron chi connectivity index (χ1n) is 9.91. The molecular formula is C22H27ClN2O3S. The van der Waals surface area contributed by atoms with E-state index in [-0.39, 0.29) is 27.4 Å². The molecule has 29 heavy (non-hydrogen) atoms. The SMILES string of the molecule is CCC(NC(=O)c1cc(S(=O)(=O)N2CCCC2)ccc1Cl)c1ccc(C)c(C)c1. The Morgan fingerprint density at radius 3 is 2.41 bits per heavy atom. The number of carbonyl (C=O) groups excluding carboxylic acids is 1. The van der Waals surface area contributed by atoms with E-state index in [0.717, 1.165) is 24.0 Å². The third-order valence-electron chi connectivity index (χ3n) is 5.53. The van der Waals surface area contributed by atoms with Gasteiger partial charge >= 0.3 is 0 Å². The van der Waals surface area contributed by atoms with Crippen LogP contribution in [0.25, 0.3) is 0 Å². The Morgan fingerprint density at radius 1 is 1.10 bits per heavy atom. The quantitative estimate of drug-likeness (QED) is 0.721. The summed E-state index contributed by atoms with van der Waals surface area (Å²) in [6.07, 6.45) is 2.42. The van der Waals surface area contributed by atoms with Gasteiger partial charge in [0.2, 0.25) is 10.0 Å². The van der Waals surface area contributed by atoms with Gasteiger partial charge in [-0.3, -0.25) is 4.79 Å². The molecule has 156 valence electrons. The van der Waals surface area contributed by atoms with Crippen molar-refractivity contribution in [3.8, 4) is 0 Å². The molecule has 1 amide bonds. The van der Waals surface area contributed by atoms with E-state index < -0.39 is 10.0 Å². The number of amides is 1. The number of nitrogens with one attached hydrogen (secondary N) is 1. The summed E-state index contributed by atoms with van der Waals surface area (Å²) in [5, 5.41) is 3.24. The molecule has 1 aliphatic heterocycles. The van der Waals surface area contributed by atoms with Crippen molar-refractivity contribution in [2.24, 2.45) is 0 Å². The van der Waals surface area contributed by atoms with Crippen LogP contribution in [0.5, 0.6) is 0 Å². The number of carbonyl (C=O) groups is 1. The second-order valence-corrected chi connectivity index (χ2v) is 9.88. The fraction of sp³-hybridized carbons (Fsp3) is 0.409. The summed E-state index contributed by atoms with van der Waals surface area (Å²) in [4.78, 5) is 13.1. The van der Waals surface area contributed by atoms with Crippen LogP contribution in [0.3, 0.4) is 0 Å². The summed E-state index contributed by atoms with van der Waals surface area (Å²) in [5.74, 6) is -0.376. The highest BCUT2D eigenvalue weighted by atomic mass is 35.5. The number of benzene rings is 2. The van der Waals surface area contributed by atoms with Gasteiger partial charge in [-0.1, -0.05) is 36.7 Å². The monoisotopic (exact) mass is 434 g/mol. The fourth-order valence-corrected chi connectivity index (χ4v) is 5.30. The summed E-state index contributed by atoms with van der Waals surface area (Å²) in [5.41, 5.74) is 3.54. The van der Waals surface area contributed by atoms with Crippen molar-refractivity contribution in [2.75, 3.05) is 13.1 Å². The van der Waals surface area contributed by atoms with Crippen LogP contribution in [0.1, 0.15) is 59.3 Å². The normalized spacial score (nSPS) is 16.0. The van der Waals surface area contributed by atoms with E-state index in [1.807, 2.05) is 32.9 Å². The number of hydrogen-bond donors (Lipinski definition) is 1. The number of hydrogen-bond acceptors (Lipinski definition) is 3. The van der Waals surface area contributed by atoms with Crippen molar-refractivity contribution in [3.63, 3.8) is 0 Å². The Hall–Kier alpha value is -1.89. The molecule has 0 bridgehead atoms. The van der Waals surface area contributed by atoms with Crippen LogP contribution in [0.4, 0.5) is 0 Å². The van der Waals surface area contributed by atoms with Crippen LogP contribution in [-0.2, 0) is 10.0 Å². The number of sulfonamides is 1. The molecule has 2 aromatic rings. The van der Waals surface area contributed by atoms with Crippen molar-refractivity contribution < 1.29 is 13.2 Å². The van der Waals surface area contributed by atoms with E-state index in [1.165, 1.54) is 28.1 Å². The van der Waals surface area contributed by atoms with E-state index in [4.69, 9.17) is 11.6 Å². The van der Waals surface area contributed by atoms with Gasteiger partial charge in [0.05, 0.1) is 21.5 Å². The summed E-state index contributed by atoms with van der Waals surface area (Å²) < 4.78 is 27.1. The van der Waals surface area contributed by atoms with Crippen molar-refractivity contribution in [1.29, 1.82) is 0 Å². The highest BCUT2D eigenvalue weighted by Gasteiger charge is 2.28. The fourth-order valence-electron chi connectivity index (χ4n) is 3.55. The standard InChI is InChI=1S/C22H27ClN2O3S/c1-4-21(17-8-7-15(2)16(3)13-17)24-22(26)19-14-18(9-10-20(19)23)29(27,28)25-11-5-6-12-25/h7-10,13-14,21H,4-6,11-12H2,1-3H3,(H,24,26). The van der Waals surface area contributed by atoms with E-state index >= 15 is 0 Å². The third-order valence-corrected chi connectivity index (χ3v) is 7.76. The van der Waals surface area contributed by atoms with Crippen molar-refractivity contribution in [1.82, 2.24) is 9.62 Å². The van der Waals surface area contributed by atoms with Gasteiger partial charge < -0.3 is 5.32 Å². The molecule has 1 fully saturated rings. The van der Waals surface area contributed by atoms with E-state index in [2.05, 4.69) is 11.4 Å². The van der Waals surface area contributed by atoms with Gasteiger partial charge in [0.25, 0.3) is 5.91 Å². The largest absolute Gasteiger partial charge is 0.345 e. The molecule has 1 aliphatic rings. The molecule has 1 heterocycles. The van der Waals surface area contributed by atoms with Gasteiger partial charge in [-0.15, -0.1) is 0 Å². The molecule has 1 saturated heterocycles. The van der Waals surface area contributed by atoms with Crippen LogP contribution in [0.15, 0.2) is 41.3 Å². The molecular weight excluding hydrogens is 408 g/mol. The van der Waals surface area contributed by atoms with Crippen molar-refractivity contribution in [3.05, 3.63) is 63.7 Å². The molecule has 5 nitrogen and oxygen atoms in total. The zero-order valence-corrected chi connectivity index (χ0v) is 18.6. The lowest BCUT2D eigenvalue weighted by Gasteiger charge is -2.20. The highest BCUT2D eigenvalue weighted by molar-refractivity contribution is 7.89. The molecule has 0 radical (unpaired) electrons. The predicted octanol–water partition coefficient (Wildman–Crippen LogP) is 4.62. The second kappa shape index (κ2) is 8.86. The van der Waals surface area contributed by atoms with Crippen LogP contribution >= 0.6 is 11.6 Å². The number of aryl methyl sites for hydroxylation is 2. The first-order chi connectivity index (χ1) is 13.7. The maximum absolute atomic E-state index is 13.0. The van der Waals surface area contributed by atoms with Gasteiger partial charge in [0.15, 0.2) is 0 Å². The maximum atomic E-state index is 13.0. The lowest BCUT2D eigenvalue weighted by Crippen LogP contribution is -2.30. The molecule has 0 saturated carbocycles. The molecule has 7 heteroatoms. The zero-order chi connectivity index (χ0) is 21.2. The number of nitrogens with zero attached hydrogens (tertiary/aromatic N) is 1. The topological polar surface area (TPSA) is 66.5 Å². The van der Waals surface area contributed by atoms with Gasteiger partial charge in [0.1, 0.15) is 0 Å². The molecule has 3 rings (SSSR count). The third kappa shape index (κ3) is 4.65. The molecule has 1 unspecified atom stereocenters. The predicted molar refractivity (Wildman–Crippen MR) is 116 cm³/mol. The summed E-state index contributed by atoms with van der Waals surface area (Å²) >= 11 is 6.25. The average molecular weight is 435 g/mol. The Bertz CT molecular complexity index is 1010. The molecule has 1 atom stereocenters. The highest BCUT2D eigenvalue weighted by Crippen LogP contribution is 2.27. The van der Waals surface area contributed by atoms with Crippen LogP contribution in [0, 0.1) is 13.8 Å².